The van der Waals surface area contributed by atoms with Crippen LogP contribution in [-0.4, -0.2) is 13.0 Å². The van der Waals surface area contributed by atoms with E-state index in [0.29, 0.717) is 8.96 Å². The largest absolute Gasteiger partial charge is 0.397 e. The molecule has 0 saturated carbocycles. The normalized spacial score (nSPS) is 11.9. The summed E-state index contributed by atoms with van der Waals surface area (Å²) in [5.41, 5.74) is 5.77. The lowest BCUT2D eigenvalue weighted by molar-refractivity contribution is 0.484. The molecule has 0 aromatic heterocycles. The number of anilines is 1. The molecule has 0 unspecified atom stereocenters. The maximum atomic E-state index is 11.3. The summed E-state index contributed by atoms with van der Waals surface area (Å²) >= 11 is 1.94. The Labute approximate surface area is 106 Å². The molecule has 4 nitrogen and oxygen atoms in total. The molecule has 0 aliphatic rings. The van der Waals surface area contributed by atoms with Crippen LogP contribution in [0, 0.1) is 3.57 Å². The van der Waals surface area contributed by atoms with E-state index in [2.05, 4.69) is 0 Å². The van der Waals surface area contributed by atoms with E-state index in [0.717, 1.165) is 5.39 Å². The topological polar surface area (TPSA) is 80.4 Å². The molecule has 0 aliphatic carbocycles. The van der Waals surface area contributed by atoms with E-state index in [4.69, 9.17) is 5.73 Å². The van der Waals surface area contributed by atoms with Gasteiger partial charge in [0.25, 0.3) is 10.1 Å². The summed E-state index contributed by atoms with van der Waals surface area (Å²) in [5.74, 6) is 0. The van der Waals surface area contributed by atoms with Gasteiger partial charge in [0.15, 0.2) is 0 Å². The third kappa shape index (κ3) is 1.87. The van der Waals surface area contributed by atoms with Gasteiger partial charge in [0.1, 0.15) is 4.90 Å². The molecule has 0 bridgehead atoms. The van der Waals surface area contributed by atoms with Gasteiger partial charge in [-0.3, -0.25) is 4.55 Å². The highest BCUT2D eigenvalue weighted by Crippen LogP contribution is 2.32. The van der Waals surface area contributed by atoms with Crippen molar-refractivity contribution in [2.75, 3.05) is 5.73 Å². The van der Waals surface area contributed by atoms with Crippen molar-refractivity contribution < 1.29 is 13.0 Å². The van der Waals surface area contributed by atoms with Gasteiger partial charge in [-0.05, 0) is 34.0 Å². The number of rotatable bonds is 1. The number of hydrogen-bond acceptors (Lipinski definition) is 3. The fraction of sp³-hybridized carbons (Fsp3) is 0. The third-order valence-corrected chi connectivity index (χ3v) is 4.10. The zero-order chi connectivity index (χ0) is 11.9. The molecule has 0 amide bonds. The van der Waals surface area contributed by atoms with Gasteiger partial charge in [0.05, 0.1) is 5.69 Å². The molecule has 0 aliphatic heterocycles. The summed E-state index contributed by atoms with van der Waals surface area (Å²) in [7, 11) is -4.31. The lowest BCUT2D eigenvalue weighted by atomic mass is 10.1. The van der Waals surface area contributed by atoms with Crippen molar-refractivity contribution in [3.8, 4) is 0 Å². The third-order valence-electron chi connectivity index (χ3n) is 2.25. The van der Waals surface area contributed by atoms with Crippen LogP contribution in [0.5, 0.6) is 0 Å². The van der Waals surface area contributed by atoms with Gasteiger partial charge in [-0.15, -0.1) is 0 Å². The summed E-state index contributed by atoms with van der Waals surface area (Å²) in [5, 5.41) is 1.16. The average molecular weight is 349 g/mol. The molecule has 0 saturated heterocycles. The van der Waals surface area contributed by atoms with Crippen LogP contribution >= 0.6 is 22.6 Å². The van der Waals surface area contributed by atoms with Gasteiger partial charge in [0, 0.05) is 8.96 Å². The zero-order valence-electron chi connectivity index (χ0n) is 8.01. The number of fused-ring (bicyclic) bond motifs is 1. The second-order valence-electron chi connectivity index (χ2n) is 3.30. The molecule has 6 heteroatoms. The molecule has 3 N–H and O–H groups in total. The molecular formula is C10H8INO3S. The molecule has 0 atom stereocenters. The summed E-state index contributed by atoms with van der Waals surface area (Å²) in [6, 6.07) is 8.65. The van der Waals surface area contributed by atoms with Crippen LogP contribution in [0.2, 0.25) is 0 Å². The van der Waals surface area contributed by atoms with Crippen molar-refractivity contribution in [2.45, 2.75) is 4.90 Å². The Morgan fingerprint density at radius 1 is 1.25 bits per heavy atom. The monoisotopic (exact) mass is 349 g/mol. The van der Waals surface area contributed by atoms with Crippen LogP contribution in [-0.2, 0) is 10.1 Å². The molecule has 16 heavy (non-hydrogen) atoms. The standard InChI is InChI=1S/C10H8INO3S/c11-8-5-6-3-1-2-4-7(6)10(9(8)12)16(13,14)15/h1-5H,12H2,(H,13,14,15). The fourth-order valence-corrected chi connectivity index (χ4v) is 3.22. The van der Waals surface area contributed by atoms with E-state index in [1.165, 1.54) is 0 Å². The van der Waals surface area contributed by atoms with E-state index >= 15 is 0 Å². The molecule has 0 spiro atoms. The first-order chi connectivity index (χ1) is 7.41. The van der Waals surface area contributed by atoms with E-state index in [9.17, 15) is 13.0 Å². The Kier molecular flexibility index (Phi) is 2.81. The highest BCUT2D eigenvalue weighted by molar-refractivity contribution is 14.1. The molecular weight excluding hydrogens is 341 g/mol. The van der Waals surface area contributed by atoms with Crippen molar-refractivity contribution in [3.05, 3.63) is 33.9 Å². The minimum absolute atomic E-state index is 0.0850. The average Bonchev–Trinajstić information content (AvgIpc) is 2.17. The SMILES string of the molecule is Nc1c(I)cc2ccccc2c1S(=O)(=O)O. The minimum Gasteiger partial charge on any atom is -0.397 e. The summed E-state index contributed by atoms with van der Waals surface area (Å²) in [6.07, 6.45) is 0. The maximum Gasteiger partial charge on any atom is 0.297 e. The van der Waals surface area contributed by atoms with Gasteiger partial charge < -0.3 is 5.73 Å². The van der Waals surface area contributed by atoms with Gasteiger partial charge in [-0.25, -0.2) is 0 Å². The Balaban J connectivity index is 3.05. The van der Waals surface area contributed by atoms with Gasteiger partial charge in [-0.1, -0.05) is 24.3 Å². The highest BCUT2D eigenvalue weighted by Gasteiger charge is 2.19. The van der Waals surface area contributed by atoms with Gasteiger partial charge >= 0.3 is 0 Å². The van der Waals surface area contributed by atoms with Crippen molar-refractivity contribution >= 4 is 49.2 Å². The van der Waals surface area contributed by atoms with Crippen molar-refractivity contribution in [3.63, 3.8) is 0 Å². The van der Waals surface area contributed by atoms with Crippen LogP contribution < -0.4 is 5.73 Å². The predicted molar refractivity (Wildman–Crippen MR) is 70.9 cm³/mol. The second kappa shape index (κ2) is 3.86. The first kappa shape index (κ1) is 11.6. The molecule has 0 heterocycles. The molecule has 84 valence electrons. The zero-order valence-corrected chi connectivity index (χ0v) is 11.0. The first-order valence-electron chi connectivity index (χ1n) is 4.35. The lowest BCUT2D eigenvalue weighted by Gasteiger charge is -2.09. The van der Waals surface area contributed by atoms with Crippen molar-refractivity contribution in [1.82, 2.24) is 0 Å². The fourth-order valence-electron chi connectivity index (χ4n) is 1.58. The van der Waals surface area contributed by atoms with Crippen LogP contribution in [0.25, 0.3) is 10.8 Å². The van der Waals surface area contributed by atoms with Crippen molar-refractivity contribution in [2.24, 2.45) is 0 Å². The van der Waals surface area contributed by atoms with Crippen LogP contribution in [0.4, 0.5) is 5.69 Å². The van der Waals surface area contributed by atoms with Crippen molar-refractivity contribution in [1.29, 1.82) is 0 Å². The molecule has 2 aromatic rings. The Morgan fingerprint density at radius 3 is 2.50 bits per heavy atom. The molecule has 0 fully saturated rings. The lowest BCUT2D eigenvalue weighted by Crippen LogP contribution is -2.05. The smallest absolute Gasteiger partial charge is 0.297 e. The Morgan fingerprint density at radius 2 is 1.88 bits per heavy atom. The number of hydrogen-bond donors (Lipinski definition) is 2. The quantitative estimate of drug-likeness (QED) is 0.470. The summed E-state index contributed by atoms with van der Waals surface area (Å²) < 4.78 is 32.4. The second-order valence-corrected chi connectivity index (χ2v) is 5.82. The predicted octanol–water partition coefficient (Wildman–Crippen LogP) is 2.27. The number of halogens is 1. The number of nitrogens with two attached hydrogens (primary N) is 1. The van der Waals surface area contributed by atoms with Crippen LogP contribution in [0.3, 0.4) is 0 Å². The molecule has 2 aromatic carbocycles. The highest BCUT2D eigenvalue weighted by atomic mass is 127. The molecule has 0 radical (unpaired) electrons. The molecule has 2 rings (SSSR count). The van der Waals surface area contributed by atoms with E-state index in [1.807, 2.05) is 22.6 Å². The van der Waals surface area contributed by atoms with Crippen LogP contribution in [0.15, 0.2) is 35.2 Å². The maximum absolute atomic E-state index is 11.3. The van der Waals surface area contributed by atoms with Crippen LogP contribution in [0.1, 0.15) is 0 Å². The number of nitrogen functional groups attached to an aromatic ring is 1. The van der Waals surface area contributed by atoms with Gasteiger partial charge in [0.2, 0.25) is 0 Å². The van der Waals surface area contributed by atoms with E-state index in [-0.39, 0.29) is 10.6 Å². The van der Waals surface area contributed by atoms with E-state index in [1.54, 1.807) is 30.3 Å². The summed E-state index contributed by atoms with van der Waals surface area (Å²) in [6.45, 7) is 0. The summed E-state index contributed by atoms with van der Waals surface area (Å²) in [4.78, 5) is -0.213. The Bertz CT molecular complexity index is 667. The number of benzene rings is 2. The van der Waals surface area contributed by atoms with E-state index < -0.39 is 10.1 Å². The first-order valence-corrected chi connectivity index (χ1v) is 6.87. The Hall–Kier alpha value is -0.860. The van der Waals surface area contributed by atoms with Gasteiger partial charge in [-0.2, -0.15) is 8.42 Å². The minimum atomic E-state index is -4.31.